The molecule has 0 aromatic heterocycles. The molecule has 13 heavy (non-hydrogen) atoms. The van der Waals surface area contributed by atoms with Crippen LogP contribution in [-0.4, -0.2) is 0 Å². The molecule has 79 valence electrons. The Morgan fingerprint density at radius 3 is 1.69 bits per heavy atom. The summed E-state index contributed by atoms with van der Waals surface area (Å²) in [4.78, 5) is 0. The second kappa shape index (κ2) is 10.1. The third-order valence-corrected chi connectivity index (χ3v) is 2.59. The monoisotopic (exact) mass is 183 g/mol. The van der Waals surface area contributed by atoms with Crippen LogP contribution in [0.3, 0.4) is 0 Å². The van der Waals surface area contributed by atoms with Crippen LogP contribution in [0.5, 0.6) is 0 Å². The summed E-state index contributed by atoms with van der Waals surface area (Å²) in [5.74, 6) is 1.82. The van der Waals surface area contributed by atoms with E-state index in [4.69, 9.17) is 0 Å². The summed E-state index contributed by atoms with van der Waals surface area (Å²) in [5.41, 5.74) is 0. The van der Waals surface area contributed by atoms with Crippen molar-refractivity contribution in [2.75, 3.05) is 0 Å². The van der Waals surface area contributed by atoms with Crippen molar-refractivity contribution in [2.45, 2.75) is 78.6 Å². The maximum absolute atomic E-state index is 2.29. The standard InChI is InChI=1S/C13H27/c1-4-7-8-9-12-13(10-5-2)11-6-3/h4-12H2,1-3H3. The van der Waals surface area contributed by atoms with Crippen LogP contribution in [0.4, 0.5) is 0 Å². The van der Waals surface area contributed by atoms with Crippen LogP contribution in [0.1, 0.15) is 78.6 Å². The van der Waals surface area contributed by atoms with E-state index in [1.165, 1.54) is 57.8 Å². The van der Waals surface area contributed by atoms with Gasteiger partial charge in [-0.05, 0) is 25.2 Å². The van der Waals surface area contributed by atoms with Crippen molar-refractivity contribution in [3.8, 4) is 0 Å². The summed E-state index contributed by atoms with van der Waals surface area (Å²) in [6.45, 7) is 6.87. The highest BCUT2D eigenvalue weighted by Crippen LogP contribution is 2.22. The molecule has 0 saturated heterocycles. The lowest BCUT2D eigenvalue weighted by Crippen LogP contribution is -1.96. The van der Waals surface area contributed by atoms with Crippen LogP contribution in [0.25, 0.3) is 0 Å². The Balaban J connectivity index is 3.33. The Hall–Kier alpha value is 0. The van der Waals surface area contributed by atoms with Crippen molar-refractivity contribution in [3.63, 3.8) is 0 Å². The van der Waals surface area contributed by atoms with Gasteiger partial charge in [-0.3, -0.25) is 0 Å². The third-order valence-electron chi connectivity index (χ3n) is 2.59. The minimum absolute atomic E-state index is 1.34. The highest BCUT2D eigenvalue weighted by atomic mass is 14.1. The van der Waals surface area contributed by atoms with Crippen molar-refractivity contribution in [1.29, 1.82) is 0 Å². The van der Waals surface area contributed by atoms with Crippen LogP contribution in [0.15, 0.2) is 0 Å². The molecule has 0 saturated carbocycles. The molecule has 0 heteroatoms. The molecule has 0 aliphatic carbocycles. The highest BCUT2D eigenvalue weighted by molar-refractivity contribution is 4.88. The first kappa shape index (κ1) is 13.0. The van der Waals surface area contributed by atoms with Gasteiger partial charge in [0.05, 0.1) is 0 Å². The smallest absolute Gasteiger partial charge is 0.0241 e. The second-order valence-electron chi connectivity index (χ2n) is 4.06. The van der Waals surface area contributed by atoms with Crippen LogP contribution in [-0.2, 0) is 0 Å². The molecule has 0 amide bonds. The predicted molar refractivity (Wildman–Crippen MR) is 61.8 cm³/mol. The normalized spacial score (nSPS) is 11.1. The summed E-state index contributed by atoms with van der Waals surface area (Å²) in [6, 6.07) is 0. The first-order valence-corrected chi connectivity index (χ1v) is 6.18. The van der Waals surface area contributed by atoms with E-state index in [1.807, 2.05) is 5.92 Å². The topological polar surface area (TPSA) is 0 Å². The lowest BCUT2D eigenvalue weighted by Gasteiger charge is -2.13. The predicted octanol–water partition coefficient (Wildman–Crippen LogP) is 5.13. The van der Waals surface area contributed by atoms with Gasteiger partial charge in [-0.1, -0.05) is 59.3 Å². The molecule has 0 nitrogen and oxygen atoms in total. The lowest BCUT2D eigenvalue weighted by atomic mass is 9.92. The molecular weight excluding hydrogens is 156 g/mol. The molecule has 0 N–H and O–H groups in total. The Morgan fingerprint density at radius 2 is 1.23 bits per heavy atom. The van der Waals surface area contributed by atoms with Crippen molar-refractivity contribution < 1.29 is 0 Å². The molecule has 0 atom stereocenters. The SMILES string of the molecule is CCCCCC[C](CCC)CCC. The van der Waals surface area contributed by atoms with Crippen molar-refractivity contribution in [1.82, 2.24) is 0 Å². The van der Waals surface area contributed by atoms with Crippen molar-refractivity contribution >= 4 is 0 Å². The Kier molecular flexibility index (Phi) is 10.1. The van der Waals surface area contributed by atoms with E-state index in [9.17, 15) is 0 Å². The summed E-state index contributed by atoms with van der Waals surface area (Å²) in [6.07, 6.45) is 12.5. The molecule has 0 aromatic carbocycles. The minimum atomic E-state index is 1.34. The van der Waals surface area contributed by atoms with Gasteiger partial charge in [0.1, 0.15) is 0 Å². The van der Waals surface area contributed by atoms with Crippen molar-refractivity contribution in [3.05, 3.63) is 5.92 Å². The summed E-state index contributed by atoms with van der Waals surface area (Å²) in [5, 5.41) is 0. The zero-order valence-electron chi connectivity index (χ0n) is 9.86. The van der Waals surface area contributed by atoms with Gasteiger partial charge in [0, 0.05) is 0 Å². The number of rotatable bonds is 9. The van der Waals surface area contributed by atoms with Gasteiger partial charge in [-0.2, -0.15) is 0 Å². The molecule has 0 heterocycles. The number of hydrogen-bond donors (Lipinski definition) is 0. The number of hydrogen-bond acceptors (Lipinski definition) is 0. The molecule has 0 unspecified atom stereocenters. The highest BCUT2D eigenvalue weighted by Gasteiger charge is 2.05. The van der Waals surface area contributed by atoms with Gasteiger partial charge in [-0.15, -0.1) is 0 Å². The van der Waals surface area contributed by atoms with E-state index in [2.05, 4.69) is 20.8 Å². The first-order chi connectivity index (χ1) is 6.35. The molecule has 0 rings (SSSR count). The molecular formula is C13H27. The molecule has 0 aromatic rings. The molecule has 0 spiro atoms. The fourth-order valence-corrected chi connectivity index (χ4v) is 1.88. The van der Waals surface area contributed by atoms with E-state index < -0.39 is 0 Å². The van der Waals surface area contributed by atoms with E-state index >= 15 is 0 Å². The van der Waals surface area contributed by atoms with Crippen LogP contribution in [0.2, 0.25) is 0 Å². The fourth-order valence-electron chi connectivity index (χ4n) is 1.88. The quantitative estimate of drug-likeness (QED) is 0.435. The van der Waals surface area contributed by atoms with Crippen LogP contribution >= 0.6 is 0 Å². The van der Waals surface area contributed by atoms with Gasteiger partial charge >= 0.3 is 0 Å². The number of unbranched alkanes of at least 4 members (excludes halogenated alkanes) is 3. The average molecular weight is 183 g/mol. The average Bonchev–Trinajstić information content (AvgIpc) is 2.13. The Bertz CT molecular complexity index is 80.0. The maximum Gasteiger partial charge on any atom is -0.0241 e. The van der Waals surface area contributed by atoms with Gasteiger partial charge in [0.25, 0.3) is 0 Å². The van der Waals surface area contributed by atoms with E-state index in [0.717, 1.165) is 0 Å². The van der Waals surface area contributed by atoms with E-state index in [-0.39, 0.29) is 0 Å². The fraction of sp³-hybridized carbons (Fsp3) is 0.923. The lowest BCUT2D eigenvalue weighted by molar-refractivity contribution is 0.573. The Morgan fingerprint density at radius 1 is 0.615 bits per heavy atom. The van der Waals surface area contributed by atoms with Gasteiger partial charge in [0.15, 0.2) is 0 Å². The largest absolute Gasteiger partial charge is 0.0654 e. The second-order valence-corrected chi connectivity index (χ2v) is 4.06. The molecule has 0 aliphatic rings. The van der Waals surface area contributed by atoms with Crippen LogP contribution in [0, 0.1) is 5.92 Å². The summed E-state index contributed by atoms with van der Waals surface area (Å²) < 4.78 is 0. The third kappa shape index (κ3) is 8.33. The molecule has 0 bridgehead atoms. The summed E-state index contributed by atoms with van der Waals surface area (Å²) >= 11 is 0. The van der Waals surface area contributed by atoms with Gasteiger partial charge < -0.3 is 0 Å². The van der Waals surface area contributed by atoms with Crippen LogP contribution < -0.4 is 0 Å². The first-order valence-electron chi connectivity index (χ1n) is 6.18. The van der Waals surface area contributed by atoms with Gasteiger partial charge in [0.2, 0.25) is 0 Å². The van der Waals surface area contributed by atoms with Crippen molar-refractivity contribution in [2.24, 2.45) is 0 Å². The van der Waals surface area contributed by atoms with E-state index in [0.29, 0.717) is 0 Å². The zero-order valence-corrected chi connectivity index (χ0v) is 9.86. The van der Waals surface area contributed by atoms with Gasteiger partial charge in [-0.25, -0.2) is 0 Å². The Labute approximate surface area is 85.1 Å². The molecule has 0 fully saturated rings. The zero-order chi connectivity index (χ0) is 9.94. The molecule has 1 radical (unpaired) electrons. The van der Waals surface area contributed by atoms with E-state index in [1.54, 1.807) is 0 Å². The minimum Gasteiger partial charge on any atom is -0.0654 e. The summed E-state index contributed by atoms with van der Waals surface area (Å²) in [7, 11) is 0. The molecule has 0 aliphatic heterocycles. The maximum atomic E-state index is 2.29.